The van der Waals surface area contributed by atoms with Crippen LogP contribution in [-0.4, -0.2) is 21.8 Å². The average Bonchev–Trinajstić information content (AvgIpc) is 2.74. The van der Waals surface area contributed by atoms with Crippen LogP contribution < -0.4 is 21.5 Å². The van der Waals surface area contributed by atoms with Crippen molar-refractivity contribution >= 4 is 35.0 Å². The van der Waals surface area contributed by atoms with Crippen molar-refractivity contribution in [1.82, 2.24) is 9.97 Å². The minimum Gasteiger partial charge on any atom is -0.326 e. The summed E-state index contributed by atoms with van der Waals surface area (Å²) in [5, 5.41) is 8.46. The third kappa shape index (κ3) is 3.93. The second-order valence-corrected chi connectivity index (χ2v) is 6.97. The molecule has 0 bridgehead atoms. The van der Waals surface area contributed by atoms with Crippen molar-refractivity contribution < 1.29 is 9.59 Å². The van der Waals surface area contributed by atoms with E-state index in [0.717, 1.165) is 17.7 Å². The van der Waals surface area contributed by atoms with Crippen molar-refractivity contribution in [2.75, 3.05) is 16.0 Å². The number of hydrogen-bond acceptors (Lipinski definition) is 5. The quantitative estimate of drug-likeness (QED) is 0.522. The largest absolute Gasteiger partial charge is 0.326 e. The third-order valence-corrected chi connectivity index (χ3v) is 4.96. The highest BCUT2D eigenvalue weighted by Gasteiger charge is 2.35. The maximum atomic E-state index is 13.0. The van der Waals surface area contributed by atoms with Crippen LogP contribution in [0, 0.1) is 0 Å². The molecule has 1 aliphatic rings. The minimum absolute atomic E-state index is 0.0948. The summed E-state index contributed by atoms with van der Waals surface area (Å²) in [5.74, 6) is -1.43. The molecule has 1 atom stereocenters. The molecule has 0 aliphatic carbocycles. The first-order valence-electron chi connectivity index (χ1n) is 9.70. The lowest BCUT2D eigenvalue weighted by atomic mass is 9.92. The molecule has 152 valence electrons. The van der Waals surface area contributed by atoms with E-state index in [0.29, 0.717) is 5.69 Å². The maximum Gasteiger partial charge on any atom is 0.258 e. The predicted molar refractivity (Wildman–Crippen MR) is 115 cm³/mol. The number of anilines is 4. The van der Waals surface area contributed by atoms with Crippen LogP contribution in [0.4, 0.5) is 23.1 Å². The standard InChI is InChI=1S/C22H21N5O3/c1-2-13-8-6-7-11-16(13)24-20(29)15-12-17(28)25-19-18(15)21(30)27-22(26-19)23-14-9-4-3-5-10-14/h3-11,15H,2,12H2,1H3,(H,24,29)(H3,23,25,26,27,28,30)/t15-/m0/s1. The number of hydrogen-bond donors (Lipinski definition) is 4. The monoisotopic (exact) mass is 403 g/mol. The Kier molecular flexibility index (Phi) is 5.30. The summed E-state index contributed by atoms with van der Waals surface area (Å²) < 4.78 is 0. The Balaban J connectivity index is 1.65. The number of nitrogens with zero attached hydrogens (tertiary/aromatic N) is 1. The Morgan fingerprint density at radius 2 is 1.83 bits per heavy atom. The molecule has 3 aromatic rings. The van der Waals surface area contributed by atoms with Gasteiger partial charge in [-0.15, -0.1) is 0 Å². The SMILES string of the molecule is CCc1ccccc1NC(=O)[C@H]1CC(=O)Nc2nc(Nc3ccccc3)[nH]c(=O)c21. The summed E-state index contributed by atoms with van der Waals surface area (Å²) in [6.07, 6.45) is 0.623. The summed E-state index contributed by atoms with van der Waals surface area (Å²) in [6, 6.07) is 16.6. The number of benzene rings is 2. The summed E-state index contributed by atoms with van der Waals surface area (Å²) >= 11 is 0. The molecule has 0 unspecified atom stereocenters. The fraction of sp³-hybridized carbons (Fsp3) is 0.182. The van der Waals surface area contributed by atoms with Crippen LogP contribution in [0.25, 0.3) is 0 Å². The Morgan fingerprint density at radius 1 is 1.10 bits per heavy atom. The number of carbonyl (C=O) groups excluding carboxylic acids is 2. The number of para-hydroxylation sites is 2. The van der Waals surface area contributed by atoms with Crippen molar-refractivity contribution in [3.05, 3.63) is 76.1 Å². The number of aryl methyl sites for hydroxylation is 1. The molecule has 2 amide bonds. The topological polar surface area (TPSA) is 116 Å². The number of carbonyl (C=O) groups is 2. The van der Waals surface area contributed by atoms with E-state index in [-0.39, 0.29) is 29.7 Å². The van der Waals surface area contributed by atoms with Gasteiger partial charge in [0.05, 0.1) is 11.5 Å². The molecule has 8 nitrogen and oxygen atoms in total. The molecule has 1 aliphatic heterocycles. The van der Waals surface area contributed by atoms with Gasteiger partial charge in [-0.25, -0.2) is 0 Å². The van der Waals surface area contributed by atoms with Crippen LogP contribution in [0.5, 0.6) is 0 Å². The smallest absolute Gasteiger partial charge is 0.258 e. The van der Waals surface area contributed by atoms with Crippen molar-refractivity contribution in [1.29, 1.82) is 0 Å². The van der Waals surface area contributed by atoms with E-state index in [9.17, 15) is 14.4 Å². The normalized spacial score (nSPS) is 15.1. The van der Waals surface area contributed by atoms with E-state index in [4.69, 9.17) is 0 Å². The fourth-order valence-electron chi connectivity index (χ4n) is 3.48. The van der Waals surface area contributed by atoms with Gasteiger partial charge in [0.15, 0.2) is 0 Å². The first kappa shape index (κ1) is 19.4. The highest BCUT2D eigenvalue weighted by molar-refractivity contribution is 6.04. The number of H-pyrrole nitrogens is 1. The Bertz CT molecular complexity index is 1160. The van der Waals surface area contributed by atoms with E-state index in [1.807, 2.05) is 55.5 Å². The highest BCUT2D eigenvalue weighted by atomic mass is 16.2. The van der Waals surface area contributed by atoms with Crippen LogP contribution in [0.15, 0.2) is 59.4 Å². The molecule has 4 N–H and O–H groups in total. The molecule has 30 heavy (non-hydrogen) atoms. The van der Waals surface area contributed by atoms with Gasteiger partial charge in [-0.05, 0) is 30.2 Å². The second kappa shape index (κ2) is 8.20. The number of aromatic nitrogens is 2. The zero-order valence-corrected chi connectivity index (χ0v) is 16.4. The van der Waals surface area contributed by atoms with Gasteiger partial charge in [-0.3, -0.25) is 19.4 Å². The number of nitrogens with one attached hydrogen (secondary N) is 4. The molecule has 4 rings (SSSR count). The van der Waals surface area contributed by atoms with Crippen LogP contribution in [-0.2, 0) is 16.0 Å². The molecule has 2 heterocycles. The van der Waals surface area contributed by atoms with Crippen LogP contribution in [0.3, 0.4) is 0 Å². The predicted octanol–water partition coefficient (Wildman–Crippen LogP) is 3.14. The minimum atomic E-state index is -0.930. The van der Waals surface area contributed by atoms with Crippen molar-refractivity contribution in [3.8, 4) is 0 Å². The van der Waals surface area contributed by atoms with E-state index in [1.165, 1.54) is 0 Å². The fourth-order valence-corrected chi connectivity index (χ4v) is 3.48. The summed E-state index contributed by atoms with van der Waals surface area (Å²) in [6.45, 7) is 1.99. The van der Waals surface area contributed by atoms with Crippen molar-refractivity contribution in [2.24, 2.45) is 0 Å². The van der Waals surface area contributed by atoms with E-state index >= 15 is 0 Å². The second-order valence-electron chi connectivity index (χ2n) is 6.97. The van der Waals surface area contributed by atoms with Gasteiger partial charge < -0.3 is 16.0 Å². The number of aromatic amines is 1. The van der Waals surface area contributed by atoms with E-state index < -0.39 is 17.4 Å². The van der Waals surface area contributed by atoms with E-state index in [1.54, 1.807) is 6.07 Å². The van der Waals surface area contributed by atoms with Crippen LogP contribution in [0.1, 0.15) is 30.4 Å². The summed E-state index contributed by atoms with van der Waals surface area (Å²) in [7, 11) is 0. The molecular formula is C22H21N5O3. The average molecular weight is 403 g/mol. The summed E-state index contributed by atoms with van der Waals surface area (Å²) in [4.78, 5) is 45.0. The molecule has 0 radical (unpaired) electrons. The van der Waals surface area contributed by atoms with Gasteiger partial charge in [-0.2, -0.15) is 4.98 Å². The van der Waals surface area contributed by atoms with E-state index in [2.05, 4.69) is 25.9 Å². The molecule has 8 heteroatoms. The first-order valence-corrected chi connectivity index (χ1v) is 9.70. The highest BCUT2D eigenvalue weighted by Crippen LogP contribution is 2.30. The van der Waals surface area contributed by atoms with Gasteiger partial charge >= 0.3 is 0 Å². The number of fused-ring (bicyclic) bond motifs is 1. The molecule has 0 saturated carbocycles. The van der Waals surface area contributed by atoms with Gasteiger partial charge in [0.2, 0.25) is 17.8 Å². The third-order valence-electron chi connectivity index (χ3n) is 4.96. The van der Waals surface area contributed by atoms with Crippen molar-refractivity contribution in [2.45, 2.75) is 25.7 Å². The summed E-state index contributed by atoms with van der Waals surface area (Å²) in [5.41, 5.74) is 2.06. The van der Waals surface area contributed by atoms with Gasteiger partial charge in [0.1, 0.15) is 5.82 Å². The first-order chi connectivity index (χ1) is 14.5. The zero-order chi connectivity index (χ0) is 21.1. The van der Waals surface area contributed by atoms with Crippen LogP contribution in [0.2, 0.25) is 0 Å². The molecular weight excluding hydrogens is 382 g/mol. The number of amides is 2. The van der Waals surface area contributed by atoms with Gasteiger partial charge in [0.25, 0.3) is 5.56 Å². The Hall–Kier alpha value is -3.94. The lowest BCUT2D eigenvalue weighted by Gasteiger charge is -2.24. The molecule has 0 spiro atoms. The molecule has 1 aromatic heterocycles. The van der Waals surface area contributed by atoms with Gasteiger partial charge in [0, 0.05) is 17.8 Å². The molecule has 0 fully saturated rings. The molecule has 2 aromatic carbocycles. The zero-order valence-electron chi connectivity index (χ0n) is 16.4. The lowest BCUT2D eigenvalue weighted by Crippen LogP contribution is -2.36. The van der Waals surface area contributed by atoms with Gasteiger partial charge in [-0.1, -0.05) is 43.3 Å². The maximum absolute atomic E-state index is 13.0. The Morgan fingerprint density at radius 3 is 2.60 bits per heavy atom. The Labute approximate surface area is 172 Å². The van der Waals surface area contributed by atoms with Crippen molar-refractivity contribution in [3.63, 3.8) is 0 Å². The molecule has 0 saturated heterocycles. The lowest BCUT2D eigenvalue weighted by molar-refractivity contribution is -0.123. The number of rotatable bonds is 5. The van der Waals surface area contributed by atoms with Crippen LogP contribution >= 0.6 is 0 Å².